The summed E-state index contributed by atoms with van der Waals surface area (Å²) in [7, 11) is -4.00. The molecule has 9 heteroatoms. The fourth-order valence-corrected chi connectivity index (χ4v) is 3.11. The average molecular weight is 373 g/mol. The van der Waals surface area contributed by atoms with E-state index in [4.69, 9.17) is 5.11 Å². The molecule has 110 valence electrons. The molecule has 1 aromatic heterocycles. The Kier molecular flexibility index (Phi) is 4.14. The monoisotopic (exact) mass is 372 g/mol. The van der Waals surface area contributed by atoms with Crippen LogP contribution < -0.4 is 4.72 Å². The van der Waals surface area contributed by atoms with Gasteiger partial charge in [0.05, 0.1) is 5.69 Å². The van der Waals surface area contributed by atoms with E-state index >= 15 is 0 Å². The van der Waals surface area contributed by atoms with E-state index in [-0.39, 0.29) is 10.6 Å². The van der Waals surface area contributed by atoms with Crippen LogP contribution in [0.2, 0.25) is 0 Å². The molecule has 2 aromatic rings. The van der Waals surface area contributed by atoms with Gasteiger partial charge in [0.25, 0.3) is 10.0 Å². The first-order chi connectivity index (χ1) is 9.81. The van der Waals surface area contributed by atoms with Crippen molar-refractivity contribution < 1.29 is 23.4 Å². The number of carboxylic acids is 1. The van der Waals surface area contributed by atoms with E-state index in [9.17, 15) is 18.3 Å². The molecular formula is C12H9BrN2O5S. The Bertz CT molecular complexity index is 807. The average Bonchev–Trinajstić information content (AvgIpc) is 2.40. The van der Waals surface area contributed by atoms with Crippen LogP contribution in [0.15, 0.2) is 46.0 Å². The van der Waals surface area contributed by atoms with Gasteiger partial charge in [0, 0.05) is 16.9 Å². The fourth-order valence-electron chi connectivity index (χ4n) is 1.54. The van der Waals surface area contributed by atoms with Crippen LogP contribution in [0.1, 0.15) is 10.4 Å². The molecule has 0 aliphatic rings. The summed E-state index contributed by atoms with van der Waals surface area (Å²) in [6.45, 7) is 0. The number of aromatic hydroxyl groups is 1. The molecule has 7 nitrogen and oxygen atoms in total. The van der Waals surface area contributed by atoms with Gasteiger partial charge in [-0.25, -0.2) is 13.2 Å². The largest absolute Gasteiger partial charge is 0.505 e. The van der Waals surface area contributed by atoms with Gasteiger partial charge < -0.3 is 10.2 Å². The second-order valence-corrected chi connectivity index (χ2v) is 6.55. The number of carbonyl (C=O) groups is 1. The summed E-state index contributed by atoms with van der Waals surface area (Å²) in [5, 5.41) is 18.7. The Morgan fingerprint density at radius 1 is 1.29 bits per heavy atom. The third-order valence-electron chi connectivity index (χ3n) is 2.50. The number of nitrogens with zero attached hydrogens (tertiary/aromatic N) is 1. The quantitative estimate of drug-likeness (QED) is 0.707. The van der Waals surface area contributed by atoms with E-state index in [2.05, 4.69) is 25.6 Å². The van der Waals surface area contributed by atoms with Crippen molar-refractivity contribution in [3.05, 3.63) is 46.7 Å². The Balaban J connectivity index is 2.42. The normalized spacial score (nSPS) is 11.1. The van der Waals surface area contributed by atoms with Gasteiger partial charge in [-0.3, -0.25) is 9.71 Å². The lowest BCUT2D eigenvalue weighted by atomic mass is 10.2. The summed E-state index contributed by atoms with van der Waals surface area (Å²) in [6.07, 6.45) is 2.55. The number of anilines is 1. The lowest BCUT2D eigenvalue weighted by Gasteiger charge is -2.10. The van der Waals surface area contributed by atoms with Gasteiger partial charge in [0.15, 0.2) is 5.75 Å². The first kappa shape index (κ1) is 15.3. The zero-order valence-electron chi connectivity index (χ0n) is 10.3. The van der Waals surface area contributed by atoms with Crippen LogP contribution in [-0.2, 0) is 10.0 Å². The van der Waals surface area contributed by atoms with Crippen molar-refractivity contribution in [3.63, 3.8) is 0 Å². The predicted octanol–water partition coefficient (Wildman–Crippen LogP) is 2.05. The summed E-state index contributed by atoms with van der Waals surface area (Å²) >= 11 is 3.10. The van der Waals surface area contributed by atoms with E-state index in [1.807, 2.05) is 0 Å². The summed E-state index contributed by atoms with van der Waals surface area (Å²) in [5.74, 6) is -2.02. The molecule has 0 amide bonds. The molecule has 0 fully saturated rings. The maximum Gasteiger partial charge on any atom is 0.339 e. The lowest BCUT2D eigenvalue weighted by molar-refractivity contribution is 0.0694. The number of hydrogen-bond acceptors (Lipinski definition) is 5. The minimum absolute atomic E-state index is 0.128. The number of nitrogens with one attached hydrogen (secondary N) is 1. The maximum atomic E-state index is 12.2. The first-order valence-electron chi connectivity index (χ1n) is 5.50. The molecule has 2 rings (SSSR count). The van der Waals surface area contributed by atoms with Crippen LogP contribution in [0.25, 0.3) is 0 Å². The lowest BCUT2D eigenvalue weighted by Crippen LogP contribution is -2.14. The van der Waals surface area contributed by atoms with Crippen molar-refractivity contribution in [2.24, 2.45) is 0 Å². The molecule has 3 N–H and O–H groups in total. The third kappa shape index (κ3) is 3.31. The van der Waals surface area contributed by atoms with Gasteiger partial charge >= 0.3 is 5.97 Å². The molecule has 21 heavy (non-hydrogen) atoms. The minimum atomic E-state index is -4.00. The highest BCUT2D eigenvalue weighted by atomic mass is 79.9. The standard InChI is InChI=1S/C12H9BrN2O5S/c13-7-4-8(6-14-5-7)21(19,20)15-10-3-1-2-9(11(10)16)12(17)18/h1-6,15-16H,(H,17,18). The third-order valence-corrected chi connectivity index (χ3v) is 4.27. The van der Waals surface area contributed by atoms with Crippen LogP contribution in [0, 0.1) is 0 Å². The molecule has 0 unspecified atom stereocenters. The molecule has 0 spiro atoms. The SMILES string of the molecule is O=C(O)c1cccc(NS(=O)(=O)c2cncc(Br)c2)c1O. The maximum absolute atomic E-state index is 12.2. The van der Waals surface area contributed by atoms with E-state index < -0.39 is 27.3 Å². The molecule has 0 saturated heterocycles. The second kappa shape index (κ2) is 5.70. The van der Waals surface area contributed by atoms with Gasteiger partial charge in [-0.05, 0) is 34.1 Å². The summed E-state index contributed by atoms with van der Waals surface area (Å²) in [4.78, 5) is 14.5. The number of sulfonamides is 1. The number of aromatic carboxylic acids is 1. The number of rotatable bonds is 4. The molecule has 0 radical (unpaired) electrons. The first-order valence-corrected chi connectivity index (χ1v) is 7.77. The summed E-state index contributed by atoms with van der Waals surface area (Å²) in [6, 6.07) is 5.06. The Morgan fingerprint density at radius 2 is 2.00 bits per heavy atom. The van der Waals surface area contributed by atoms with Crippen LogP contribution in [0.4, 0.5) is 5.69 Å². The highest BCUT2D eigenvalue weighted by Crippen LogP contribution is 2.29. The highest BCUT2D eigenvalue weighted by molar-refractivity contribution is 9.10. The van der Waals surface area contributed by atoms with Gasteiger partial charge in [-0.1, -0.05) is 6.07 Å². The summed E-state index contributed by atoms with van der Waals surface area (Å²) in [5.41, 5.74) is -0.627. The molecule has 0 aliphatic carbocycles. The Labute approximate surface area is 128 Å². The van der Waals surface area contributed by atoms with E-state index in [1.165, 1.54) is 24.4 Å². The van der Waals surface area contributed by atoms with Crippen molar-refractivity contribution in [1.82, 2.24) is 4.98 Å². The molecule has 0 bridgehead atoms. The molecule has 1 aromatic carbocycles. The Hall–Kier alpha value is -2.13. The van der Waals surface area contributed by atoms with Crippen LogP contribution in [0.5, 0.6) is 5.75 Å². The molecular weight excluding hydrogens is 364 g/mol. The van der Waals surface area contributed by atoms with E-state index in [0.717, 1.165) is 12.3 Å². The van der Waals surface area contributed by atoms with Gasteiger partial charge in [-0.15, -0.1) is 0 Å². The minimum Gasteiger partial charge on any atom is -0.505 e. The molecule has 0 saturated carbocycles. The van der Waals surface area contributed by atoms with Gasteiger partial charge in [0.1, 0.15) is 10.5 Å². The van der Waals surface area contributed by atoms with Gasteiger partial charge in [-0.2, -0.15) is 0 Å². The number of halogens is 1. The molecule has 1 heterocycles. The van der Waals surface area contributed by atoms with Crippen LogP contribution in [-0.4, -0.2) is 29.6 Å². The fraction of sp³-hybridized carbons (Fsp3) is 0. The number of pyridine rings is 1. The van der Waals surface area contributed by atoms with Crippen molar-refractivity contribution in [3.8, 4) is 5.75 Å². The smallest absolute Gasteiger partial charge is 0.339 e. The topological polar surface area (TPSA) is 117 Å². The number of phenols is 1. The zero-order valence-corrected chi connectivity index (χ0v) is 12.7. The second-order valence-electron chi connectivity index (χ2n) is 3.95. The molecule has 0 atom stereocenters. The number of carboxylic acid groups (broad SMARTS) is 1. The number of hydrogen-bond donors (Lipinski definition) is 3. The van der Waals surface area contributed by atoms with E-state index in [1.54, 1.807) is 0 Å². The number of aromatic nitrogens is 1. The number of benzene rings is 1. The Morgan fingerprint density at radius 3 is 2.62 bits per heavy atom. The zero-order chi connectivity index (χ0) is 15.6. The van der Waals surface area contributed by atoms with Crippen molar-refractivity contribution in [2.45, 2.75) is 4.90 Å². The van der Waals surface area contributed by atoms with E-state index in [0.29, 0.717) is 4.47 Å². The van der Waals surface area contributed by atoms with Crippen molar-refractivity contribution in [2.75, 3.05) is 4.72 Å². The number of para-hydroxylation sites is 1. The molecule has 0 aliphatic heterocycles. The van der Waals surface area contributed by atoms with Crippen molar-refractivity contribution >= 4 is 37.6 Å². The van der Waals surface area contributed by atoms with Crippen LogP contribution in [0.3, 0.4) is 0 Å². The van der Waals surface area contributed by atoms with Crippen LogP contribution >= 0.6 is 15.9 Å². The predicted molar refractivity (Wildman–Crippen MR) is 77.8 cm³/mol. The van der Waals surface area contributed by atoms with Gasteiger partial charge in [0.2, 0.25) is 0 Å². The highest BCUT2D eigenvalue weighted by Gasteiger charge is 2.19. The summed E-state index contributed by atoms with van der Waals surface area (Å²) < 4.78 is 26.9. The van der Waals surface area contributed by atoms with Crippen molar-refractivity contribution in [1.29, 1.82) is 0 Å².